The molecule has 0 aromatic carbocycles. The Balaban J connectivity index is 2.11. The van der Waals surface area contributed by atoms with E-state index in [0.717, 1.165) is 6.42 Å². The van der Waals surface area contributed by atoms with Crippen LogP contribution in [0.15, 0.2) is 12.7 Å². The molecule has 198 valence electrons. The first-order chi connectivity index (χ1) is 16.2. The second kappa shape index (κ2) is 9.51. The molecule has 5 atom stereocenters. The highest BCUT2D eigenvalue weighted by Crippen LogP contribution is 2.64. The van der Waals surface area contributed by atoms with Gasteiger partial charge in [0, 0.05) is 18.6 Å². The van der Waals surface area contributed by atoms with Crippen molar-refractivity contribution >= 4 is 17.8 Å². The number of nitrogens with zero attached hydrogens (tertiary/aromatic N) is 2. The summed E-state index contributed by atoms with van der Waals surface area (Å²) in [6.45, 7) is 18.3. The number of fused-ring (bicyclic) bond motifs is 1. The summed E-state index contributed by atoms with van der Waals surface area (Å²) in [6.07, 6.45) is 4.08. The minimum absolute atomic E-state index is 0.00709. The Morgan fingerprint density at radius 3 is 2.43 bits per heavy atom. The third-order valence-corrected chi connectivity index (χ3v) is 8.07. The van der Waals surface area contributed by atoms with E-state index < -0.39 is 40.6 Å². The fourth-order valence-electron chi connectivity index (χ4n) is 7.24. The van der Waals surface area contributed by atoms with Crippen molar-refractivity contribution in [1.82, 2.24) is 9.80 Å². The van der Waals surface area contributed by atoms with Gasteiger partial charge < -0.3 is 24.4 Å². The normalized spacial score (nSPS) is 32.1. The number of carbonyl (C=O) groups excluding carboxylic acids is 3. The molecule has 3 aliphatic rings. The van der Waals surface area contributed by atoms with Crippen molar-refractivity contribution in [2.45, 2.75) is 96.9 Å². The maximum absolute atomic E-state index is 14.4. The zero-order valence-corrected chi connectivity index (χ0v) is 22.6. The molecule has 3 rings (SSSR count). The van der Waals surface area contributed by atoms with Crippen LogP contribution in [0.3, 0.4) is 0 Å². The number of hydrogen-bond acceptors (Lipinski definition) is 6. The van der Waals surface area contributed by atoms with E-state index in [9.17, 15) is 19.5 Å². The molecule has 0 saturated carbocycles. The van der Waals surface area contributed by atoms with Crippen LogP contribution in [0.2, 0.25) is 0 Å². The summed E-state index contributed by atoms with van der Waals surface area (Å²) in [6, 6.07) is -0.917. The average Bonchev–Trinajstić information content (AvgIpc) is 3.34. The van der Waals surface area contributed by atoms with E-state index in [1.807, 2.05) is 20.8 Å². The van der Waals surface area contributed by atoms with Crippen molar-refractivity contribution in [2.75, 3.05) is 26.3 Å². The lowest BCUT2D eigenvalue weighted by Gasteiger charge is -2.45. The molecule has 0 aliphatic carbocycles. The van der Waals surface area contributed by atoms with Crippen molar-refractivity contribution in [1.29, 1.82) is 0 Å². The van der Waals surface area contributed by atoms with E-state index in [4.69, 9.17) is 9.47 Å². The maximum atomic E-state index is 14.4. The summed E-state index contributed by atoms with van der Waals surface area (Å²) in [5.41, 5.74) is -2.50. The highest BCUT2D eigenvalue weighted by atomic mass is 16.6. The SMILES string of the molecule is C=CCN(C(=O)C1N(CCO)C(=O)[C@@H]2[C@@H](C(=O)OCC)[C@@]3(CC)CCC12O3)C(C)(C)CC(C)(C)C. The molecule has 3 fully saturated rings. The van der Waals surface area contributed by atoms with Crippen LogP contribution >= 0.6 is 0 Å². The van der Waals surface area contributed by atoms with Gasteiger partial charge in [-0.05, 0) is 51.9 Å². The third kappa shape index (κ3) is 4.41. The first-order valence-electron chi connectivity index (χ1n) is 13.0. The second-order valence-electron chi connectivity index (χ2n) is 12.1. The smallest absolute Gasteiger partial charge is 0.312 e. The summed E-state index contributed by atoms with van der Waals surface area (Å²) < 4.78 is 12.1. The zero-order chi connectivity index (χ0) is 26.4. The molecule has 8 heteroatoms. The quantitative estimate of drug-likeness (QED) is 0.372. The van der Waals surface area contributed by atoms with Crippen LogP contribution < -0.4 is 0 Å². The molecule has 0 aromatic heterocycles. The van der Waals surface area contributed by atoms with Gasteiger partial charge in [0.25, 0.3) is 0 Å². The van der Waals surface area contributed by atoms with Gasteiger partial charge in [0.1, 0.15) is 17.6 Å². The Kier molecular flexibility index (Phi) is 7.51. The van der Waals surface area contributed by atoms with E-state index in [-0.39, 0.29) is 37.0 Å². The van der Waals surface area contributed by atoms with Gasteiger partial charge in [-0.3, -0.25) is 14.4 Å². The van der Waals surface area contributed by atoms with Crippen LogP contribution in [0.4, 0.5) is 0 Å². The number of esters is 1. The monoisotopic (exact) mass is 492 g/mol. The van der Waals surface area contributed by atoms with Crippen molar-refractivity contribution in [3.8, 4) is 0 Å². The van der Waals surface area contributed by atoms with E-state index in [1.165, 1.54) is 4.90 Å². The fraction of sp³-hybridized carbons (Fsp3) is 0.815. The first kappa shape index (κ1) is 27.7. The van der Waals surface area contributed by atoms with E-state index in [1.54, 1.807) is 17.9 Å². The van der Waals surface area contributed by atoms with Crippen molar-refractivity contribution in [2.24, 2.45) is 17.3 Å². The summed E-state index contributed by atoms with van der Waals surface area (Å²) in [5.74, 6) is -2.53. The zero-order valence-electron chi connectivity index (χ0n) is 22.6. The summed E-state index contributed by atoms with van der Waals surface area (Å²) in [7, 11) is 0. The predicted octanol–water partition coefficient (Wildman–Crippen LogP) is 2.93. The molecule has 2 unspecified atom stereocenters. The van der Waals surface area contributed by atoms with Gasteiger partial charge in [-0.1, -0.05) is 33.8 Å². The number of likely N-dealkylation sites (tertiary alicyclic amines) is 1. The Bertz CT molecular complexity index is 864. The van der Waals surface area contributed by atoms with Gasteiger partial charge in [-0.15, -0.1) is 6.58 Å². The molecular weight excluding hydrogens is 448 g/mol. The Labute approximate surface area is 210 Å². The molecule has 0 aromatic rings. The van der Waals surface area contributed by atoms with E-state index in [2.05, 4.69) is 27.4 Å². The topological polar surface area (TPSA) is 96.4 Å². The molecule has 2 bridgehead atoms. The van der Waals surface area contributed by atoms with Crippen molar-refractivity contribution in [3.05, 3.63) is 12.7 Å². The summed E-state index contributed by atoms with van der Waals surface area (Å²) >= 11 is 0. The van der Waals surface area contributed by atoms with Crippen LogP contribution in [0.25, 0.3) is 0 Å². The van der Waals surface area contributed by atoms with Gasteiger partial charge in [0.15, 0.2) is 0 Å². The van der Waals surface area contributed by atoms with Gasteiger partial charge in [-0.25, -0.2) is 0 Å². The minimum atomic E-state index is -1.12. The Morgan fingerprint density at radius 2 is 1.91 bits per heavy atom. The van der Waals surface area contributed by atoms with Crippen molar-refractivity contribution in [3.63, 3.8) is 0 Å². The standard InChI is InChI=1S/C27H44N2O6/c1-9-14-29(25(7,8)17-24(4,5)6)22(32)20-27-13-12-26(10-2,35-27)19(23(33)34-11-3)18(27)21(31)28(20)15-16-30/h9,18-20,30H,1,10-17H2,2-8H3/t18-,19-,20?,26+,27?/m0/s1. The van der Waals surface area contributed by atoms with E-state index >= 15 is 0 Å². The maximum Gasteiger partial charge on any atom is 0.312 e. The van der Waals surface area contributed by atoms with Gasteiger partial charge in [-0.2, -0.15) is 0 Å². The number of ether oxygens (including phenoxy) is 2. The van der Waals surface area contributed by atoms with Crippen LogP contribution in [0, 0.1) is 17.3 Å². The molecule has 3 aliphatic heterocycles. The number of β-amino-alcohol motifs (C(OH)–C–C–N with tert-alkyl or cyclic N) is 1. The summed E-state index contributed by atoms with van der Waals surface area (Å²) in [5, 5.41) is 9.82. The highest BCUT2D eigenvalue weighted by molar-refractivity contribution is 5.98. The molecule has 0 radical (unpaired) electrons. The molecular formula is C27H44N2O6. The van der Waals surface area contributed by atoms with Crippen LogP contribution in [-0.4, -0.2) is 81.8 Å². The van der Waals surface area contributed by atoms with Crippen LogP contribution in [0.1, 0.15) is 74.1 Å². The van der Waals surface area contributed by atoms with Crippen molar-refractivity contribution < 1.29 is 29.0 Å². The molecule has 3 heterocycles. The number of aliphatic hydroxyl groups is 1. The first-order valence-corrected chi connectivity index (χ1v) is 13.0. The van der Waals surface area contributed by atoms with Gasteiger partial charge in [0.2, 0.25) is 11.8 Å². The number of rotatable bonds is 10. The predicted molar refractivity (Wildman–Crippen MR) is 132 cm³/mol. The molecule has 3 saturated heterocycles. The molecule has 1 N–H and O–H groups in total. The van der Waals surface area contributed by atoms with Gasteiger partial charge >= 0.3 is 5.97 Å². The second-order valence-corrected chi connectivity index (χ2v) is 12.1. The summed E-state index contributed by atoms with van der Waals surface area (Å²) in [4.78, 5) is 44.7. The lowest BCUT2D eigenvalue weighted by molar-refractivity contribution is -0.163. The fourth-order valence-corrected chi connectivity index (χ4v) is 7.24. The minimum Gasteiger partial charge on any atom is -0.466 e. The molecule has 35 heavy (non-hydrogen) atoms. The average molecular weight is 493 g/mol. The van der Waals surface area contributed by atoms with E-state index in [0.29, 0.717) is 25.8 Å². The molecule has 2 amide bonds. The lowest BCUT2D eigenvalue weighted by Crippen LogP contribution is -2.61. The number of amides is 2. The number of aliphatic hydroxyl groups excluding tert-OH is 1. The number of carbonyl (C=O) groups is 3. The van der Waals surface area contributed by atoms with Crippen LogP contribution in [-0.2, 0) is 23.9 Å². The lowest BCUT2D eigenvalue weighted by atomic mass is 9.65. The Hall–Kier alpha value is -1.93. The van der Waals surface area contributed by atoms with Crippen LogP contribution in [0.5, 0.6) is 0 Å². The van der Waals surface area contributed by atoms with Gasteiger partial charge in [0.05, 0.1) is 24.7 Å². The molecule has 8 nitrogen and oxygen atoms in total. The molecule has 1 spiro atoms. The largest absolute Gasteiger partial charge is 0.466 e. The Morgan fingerprint density at radius 1 is 1.26 bits per heavy atom. The highest BCUT2D eigenvalue weighted by Gasteiger charge is 2.79. The third-order valence-electron chi connectivity index (χ3n) is 8.07. The number of hydrogen-bond donors (Lipinski definition) is 1.